The van der Waals surface area contributed by atoms with E-state index in [0.717, 1.165) is 5.56 Å². The second-order valence-electron chi connectivity index (χ2n) is 9.96. The number of para-hydroxylation sites is 1. The van der Waals surface area contributed by atoms with Crippen LogP contribution in [0.25, 0.3) is 6.08 Å². The first-order valence-corrected chi connectivity index (χ1v) is 11.7. The number of nitrogens with zero attached hydrogens (tertiary/aromatic N) is 2. The van der Waals surface area contributed by atoms with Gasteiger partial charge in [-0.2, -0.15) is 0 Å². The molecule has 7 rings (SSSR count). The van der Waals surface area contributed by atoms with Gasteiger partial charge in [-0.1, -0.05) is 41.0 Å². The Morgan fingerprint density at radius 2 is 1.42 bits per heavy atom. The van der Waals surface area contributed by atoms with Gasteiger partial charge in [0.15, 0.2) is 0 Å². The minimum absolute atomic E-state index is 0.00865. The maximum atomic E-state index is 13.7. The van der Waals surface area contributed by atoms with Gasteiger partial charge in [-0.15, -0.1) is 0 Å². The molecule has 5 aliphatic rings. The van der Waals surface area contributed by atoms with E-state index in [2.05, 4.69) is 6.08 Å². The third-order valence-electron chi connectivity index (χ3n) is 8.60. The van der Waals surface area contributed by atoms with Crippen LogP contribution in [-0.4, -0.2) is 16.7 Å². The number of rotatable bonds is 3. The molecular weight excluding hydrogens is 416 g/mol. The monoisotopic (exact) mass is 438 g/mol. The fraction of sp³-hybridized carbons (Fsp3) is 0.333. The van der Waals surface area contributed by atoms with Crippen molar-refractivity contribution in [1.29, 1.82) is 0 Å². The zero-order valence-corrected chi connectivity index (χ0v) is 17.9. The third kappa shape index (κ3) is 2.38. The Labute approximate surface area is 190 Å². The topological polar surface area (TPSA) is 80.5 Å². The Balaban J connectivity index is 1.33. The minimum atomic E-state index is -0.399. The summed E-state index contributed by atoms with van der Waals surface area (Å²) in [5.41, 5.74) is 5.67. The van der Waals surface area contributed by atoms with Crippen molar-refractivity contribution in [2.45, 2.75) is 19.3 Å². The number of fused-ring (bicyclic) bond motifs is 11. The summed E-state index contributed by atoms with van der Waals surface area (Å²) in [6.07, 6.45) is 5.63. The zero-order valence-electron chi connectivity index (χ0n) is 17.9. The Hall–Kier alpha value is -3.54. The van der Waals surface area contributed by atoms with Crippen LogP contribution in [0, 0.1) is 45.6 Å². The maximum absolute atomic E-state index is 13.7. The summed E-state index contributed by atoms with van der Waals surface area (Å²) in [7, 11) is 0. The van der Waals surface area contributed by atoms with Crippen molar-refractivity contribution < 1.29 is 14.5 Å². The summed E-state index contributed by atoms with van der Waals surface area (Å²) in [4.78, 5) is 39.4. The van der Waals surface area contributed by atoms with Crippen molar-refractivity contribution in [3.05, 3.63) is 87.0 Å². The number of amides is 2. The van der Waals surface area contributed by atoms with Gasteiger partial charge in [-0.3, -0.25) is 19.7 Å². The van der Waals surface area contributed by atoms with Crippen molar-refractivity contribution in [1.82, 2.24) is 0 Å². The highest BCUT2D eigenvalue weighted by atomic mass is 16.6. The lowest BCUT2D eigenvalue weighted by Crippen LogP contribution is -2.33. The summed E-state index contributed by atoms with van der Waals surface area (Å²) < 4.78 is 0. The van der Waals surface area contributed by atoms with Crippen molar-refractivity contribution in [2.75, 3.05) is 4.90 Å². The Morgan fingerprint density at radius 3 is 1.97 bits per heavy atom. The molecule has 2 amide bonds. The molecule has 2 aromatic rings. The van der Waals surface area contributed by atoms with E-state index in [1.807, 2.05) is 30.3 Å². The summed E-state index contributed by atoms with van der Waals surface area (Å²) in [6.45, 7) is 0. The molecule has 0 radical (unpaired) electrons. The van der Waals surface area contributed by atoms with Gasteiger partial charge in [0.25, 0.3) is 5.69 Å². The van der Waals surface area contributed by atoms with Gasteiger partial charge in [-0.25, -0.2) is 4.90 Å². The molecule has 164 valence electrons. The summed E-state index contributed by atoms with van der Waals surface area (Å²) in [6, 6.07) is 15.8. The Bertz CT molecular complexity index is 1250. The molecule has 0 spiro atoms. The quantitative estimate of drug-likeness (QED) is 0.227. The minimum Gasteiger partial charge on any atom is -0.274 e. The van der Waals surface area contributed by atoms with Crippen molar-refractivity contribution in [3.63, 3.8) is 0 Å². The largest absolute Gasteiger partial charge is 0.274 e. The maximum Gasteiger partial charge on any atom is 0.269 e. The average molecular weight is 438 g/mol. The predicted octanol–water partition coefficient (Wildman–Crippen LogP) is 4.77. The van der Waals surface area contributed by atoms with Crippen LogP contribution in [-0.2, 0) is 9.59 Å². The molecule has 4 bridgehead atoms. The molecule has 2 aromatic carbocycles. The number of non-ortho nitro benzene ring substituents is 1. The van der Waals surface area contributed by atoms with E-state index >= 15 is 0 Å². The van der Waals surface area contributed by atoms with Gasteiger partial charge in [0.2, 0.25) is 11.8 Å². The van der Waals surface area contributed by atoms with Gasteiger partial charge in [-0.05, 0) is 60.9 Å². The second kappa shape index (κ2) is 6.50. The van der Waals surface area contributed by atoms with Crippen LogP contribution in [0.2, 0.25) is 0 Å². The number of hydrogen-bond acceptors (Lipinski definition) is 4. The van der Waals surface area contributed by atoms with Crippen molar-refractivity contribution >= 4 is 29.3 Å². The van der Waals surface area contributed by atoms with Crippen LogP contribution in [0.3, 0.4) is 0 Å². The standard InChI is InChI=1S/C27H22N2O4/c30-26-24-22-19(12-14-6-10-18(11-7-14)29(32)33)23(21-16-9-8-15(13-16)20(21)22)25(24)27(31)28(26)17-4-2-1-3-5-17/h1-7,10-12,15-16,22-25H,8-9,13H2/t15-,16-,22-,23-,24-,25+/m0/s1. The first-order valence-electron chi connectivity index (χ1n) is 11.7. The normalized spacial score (nSPS) is 34.5. The highest BCUT2D eigenvalue weighted by Crippen LogP contribution is 2.70. The van der Waals surface area contributed by atoms with Crippen molar-refractivity contribution in [3.8, 4) is 0 Å². The number of imide groups is 1. The van der Waals surface area contributed by atoms with E-state index < -0.39 is 4.92 Å². The number of nitro benzene ring substituents is 1. The lowest BCUT2D eigenvalue weighted by Gasteiger charge is -2.28. The van der Waals surface area contributed by atoms with Gasteiger partial charge in [0, 0.05) is 24.0 Å². The number of nitro groups is 1. The van der Waals surface area contributed by atoms with E-state index in [1.165, 1.54) is 53.0 Å². The highest BCUT2D eigenvalue weighted by Gasteiger charge is 2.69. The summed E-state index contributed by atoms with van der Waals surface area (Å²) in [5, 5.41) is 11.0. The van der Waals surface area contributed by atoms with Gasteiger partial charge < -0.3 is 0 Å². The lowest BCUT2D eigenvalue weighted by molar-refractivity contribution is -0.384. The molecule has 1 heterocycles. The van der Waals surface area contributed by atoms with Gasteiger partial charge in [0.1, 0.15) is 0 Å². The SMILES string of the molecule is O=C1[C@@H]2[C@H]3C(=Cc4ccc([N+](=O)[O-])cc4)[C@@H](C4=C3[C@H]3CC[C@H]4C3)[C@@H]2C(=O)N1c1ccccc1. The molecule has 4 aliphatic carbocycles. The number of hydrogen-bond donors (Lipinski definition) is 0. The number of benzene rings is 2. The number of carbonyl (C=O) groups is 2. The van der Waals surface area contributed by atoms with Crippen LogP contribution in [0.1, 0.15) is 24.8 Å². The fourth-order valence-electron chi connectivity index (χ4n) is 7.55. The molecule has 0 aromatic heterocycles. The molecule has 1 saturated heterocycles. The molecule has 6 heteroatoms. The number of allylic oxidation sites excluding steroid dienone is 3. The number of anilines is 1. The van der Waals surface area contributed by atoms with Crippen LogP contribution >= 0.6 is 0 Å². The van der Waals surface area contributed by atoms with E-state index in [1.54, 1.807) is 12.1 Å². The van der Waals surface area contributed by atoms with E-state index in [0.29, 0.717) is 17.5 Å². The average Bonchev–Trinajstić information content (AvgIpc) is 3.61. The molecule has 3 fully saturated rings. The molecule has 6 nitrogen and oxygen atoms in total. The van der Waals surface area contributed by atoms with Crippen molar-refractivity contribution in [2.24, 2.45) is 35.5 Å². The molecule has 1 aliphatic heterocycles. The first kappa shape index (κ1) is 19.0. The molecule has 0 N–H and O–H groups in total. The fourth-order valence-corrected chi connectivity index (χ4v) is 7.55. The molecule has 0 unspecified atom stereocenters. The molecule has 33 heavy (non-hydrogen) atoms. The molecule has 2 saturated carbocycles. The second-order valence-corrected chi connectivity index (χ2v) is 9.96. The van der Waals surface area contributed by atoms with E-state index in [9.17, 15) is 19.7 Å². The van der Waals surface area contributed by atoms with E-state index in [-0.39, 0.29) is 41.2 Å². The van der Waals surface area contributed by atoms with Gasteiger partial charge in [0.05, 0.1) is 22.4 Å². The first-order chi connectivity index (χ1) is 16.0. The van der Waals surface area contributed by atoms with Crippen LogP contribution < -0.4 is 4.90 Å². The smallest absolute Gasteiger partial charge is 0.269 e. The summed E-state index contributed by atoms with van der Waals surface area (Å²) in [5.74, 6) is 0.247. The lowest BCUT2D eigenvalue weighted by atomic mass is 9.72. The Morgan fingerprint density at radius 1 is 0.848 bits per heavy atom. The third-order valence-corrected chi connectivity index (χ3v) is 8.60. The van der Waals surface area contributed by atoms with Gasteiger partial charge >= 0.3 is 0 Å². The zero-order chi connectivity index (χ0) is 22.4. The van der Waals surface area contributed by atoms with Crippen LogP contribution in [0.5, 0.6) is 0 Å². The number of carbonyl (C=O) groups excluding carboxylic acids is 2. The predicted molar refractivity (Wildman–Crippen MR) is 122 cm³/mol. The summed E-state index contributed by atoms with van der Waals surface area (Å²) >= 11 is 0. The molecule has 6 atom stereocenters. The molecular formula is C27H22N2O4. The Kier molecular flexibility index (Phi) is 3.74. The van der Waals surface area contributed by atoms with Crippen LogP contribution in [0.15, 0.2) is 71.3 Å². The highest BCUT2D eigenvalue weighted by molar-refractivity contribution is 6.23. The van der Waals surface area contributed by atoms with Crippen LogP contribution in [0.4, 0.5) is 11.4 Å². The van der Waals surface area contributed by atoms with E-state index in [4.69, 9.17) is 0 Å².